The van der Waals surface area contributed by atoms with Gasteiger partial charge in [-0.2, -0.15) is 5.10 Å². The lowest BCUT2D eigenvalue weighted by Crippen LogP contribution is -2.12. The van der Waals surface area contributed by atoms with Gasteiger partial charge in [0.15, 0.2) is 0 Å². The molecular formula is C13H13N3O. The van der Waals surface area contributed by atoms with Crippen molar-refractivity contribution < 1.29 is 4.42 Å². The Bertz CT molecular complexity index is 640. The van der Waals surface area contributed by atoms with E-state index in [0.29, 0.717) is 0 Å². The molecule has 2 N–H and O–H groups in total. The maximum absolute atomic E-state index is 6.17. The quantitative estimate of drug-likeness (QED) is 0.730. The van der Waals surface area contributed by atoms with Crippen LogP contribution in [0.4, 0.5) is 0 Å². The lowest BCUT2D eigenvalue weighted by Gasteiger charge is -2.05. The first-order valence-electron chi connectivity index (χ1n) is 5.48. The number of furan rings is 1. The molecule has 3 aromatic rings. The SMILES string of the molecule is Cn1nc(C(N)c2ccco2)c2ccccc21. The molecule has 0 fully saturated rings. The number of hydrogen-bond acceptors (Lipinski definition) is 3. The van der Waals surface area contributed by atoms with Gasteiger partial charge >= 0.3 is 0 Å². The summed E-state index contributed by atoms with van der Waals surface area (Å²) in [7, 11) is 1.92. The second kappa shape index (κ2) is 3.75. The Morgan fingerprint density at radius 2 is 2.06 bits per heavy atom. The van der Waals surface area contributed by atoms with Crippen molar-refractivity contribution in [3.8, 4) is 0 Å². The highest BCUT2D eigenvalue weighted by atomic mass is 16.3. The van der Waals surface area contributed by atoms with E-state index in [-0.39, 0.29) is 6.04 Å². The molecule has 1 atom stereocenters. The fourth-order valence-corrected chi connectivity index (χ4v) is 2.07. The third-order valence-electron chi connectivity index (χ3n) is 2.93. The number of rotatable bonds is 2. The predicted molar refractivity (Wildman–Crippen MR) is 65.5 cm³/mol. The number of para-hydroxylation sites is 1. The molecular weight excluding hydrogens is 214 g/mol. The van der Waals surface area contributed by atoms with E-state index in [2.05, 4.69) is 5.10 Å². The van der Waals surface area contributed by atoms with Crippen molar-refractivity contribution >= 4 is 10.9 Å². The number of nitrogens with zero attached hydrogens (tertiary/aromatic N) is 2. The van der Waals surface area contributed by atoms with Crippen LogP contribution in [0.1, 0.15) is 17.5 Å². The summed E-state index contributed by atoms with van der Waals surface area (Å²) >= 11 is 0. The van der Waals surface area contributed by atoms with Gasteiger partial charge in [-0.15, -0.1) is 0 Å². The van der Waals surface area contributed by atoms with Crippen molar-refractivity contribution in [2.24, 2.45) is 12.8 Å². The number of fused-ring (bicyclic) bond motifs is 1. The first-order chi connectivity index (χ1) is 8.27. The molecule has 2 aromatic heterocycles. The van der Waals surface area contributed by atoms with Crippen LogP contribution in [0.25, 0.3) is 10.9 Å². The number of nitrogens with two attached hydrogens (primary N) is 1. The molecule has 4 nitrogen and oxygen atoms in total. The average molecular weight is 227 g/mol. The fraction of sp³-hybridized carbons (Fsp3) is 0.154. The van der Waals surface area contributed by atoms with Crippen molar-refractivity contribution in [1.29, 1.82) is 0 Å². The molecule has 4 heteroatoms. The molecule has 0 amide bonds. The highest BCUT2D eigenvalue weighted by Crippen LogP contribution is 2.26. The van der Waals surface area contributed by atoms with E-state index in [0.717, 1.165) is 22.4 Å². The summed E-state index contributed by atoms with van der Waals surface area (Å²) in [6, 6.07) is 11.4. The van der Waals surface area contributed by atoms with Crippen LogP contribution in [-0.2, 0) is 7.05 Å². The van der Waals surface area contributed by atoms with Crippen molar-refractivity contribution in [1.82, 2.24) is 9.78 Å². The van der Waals surface area contributed by atoms with Crippen molar-refractivity contribution in [3.05, 3.63) is 54.1 Å². The van der Waals surface area contributed by atoms with Crippen LogP contribution in [0.2, 0.25) is 0 Å². The van der Waals surface area contributed by atoms with Crippen LogP contribution < -0.4 is 5.73 Å². The Hall–Kier alpha value is -2.07. The molecule has 0 bridgehead atoms. The van der Waals surface area contributed by atoms with E-state index in [4.69, 9.17) is 10.2 Å². The zero-order chi connectivity index (χ0) is 11.8. The van der Waals surface area contributed by atoms with E-state index < -0.39 is 0 Å². The first-order valence-corrected chi connectivity index (χ1v) is 5.48. The lowest BCUT2D eigenvalue weighted by atomic mass is 10.1. The van der Waals surface area contributed by atoms with Crippen LogP contribution in [0, 0.1) is 0 Å². The van der Waals surface area contributed by atoms with Crippen LogP contribution in [0.15, 0.2) is 47.1 Å². The summed E-state index contributed by atoms with van der Waals surface area (Å²) in [6.07, 6.45) is 1.63. The second-order valence-electron chi connectivity index (χ2n) is 4.02. The molecule has 1 unspecified atom stereocenters. The lowest BCUT2D eigenvalue weighted by molar-refractivity contribution is 0.485. The summed E-state index contributed by atoms with van der Waals surface area (Å²) in [5.74, 6) is 0.730. The Morgan fingerprint density at radius 3 is 2.82 bits per heavy atom. The molecule has 0 radical (unpaired) electrons. The summed E-state index contributed by atoms with van der Waals surface area (Å²) in [5, 5.41) is 5.55. The fourth-order valence-electron chi connectivity index (χ4n) is 2.07. The molecule has 0 spiro atoms. The smallest absolute Gasteiger partial charge is 0.126 e. The van der Waals surface area contributed by atoms with Gasteiger partial charge in [0.1, 0.15) is 11.8 Å². The van der Waals surface area contributed by atoms with Crippen LogP contribution in [0.3, 0.4) is 0 Å². The number of aryl methyl sites for hydroxylation is 1. The van der Waals surface area contributed by atoms with E-state index in [1.807, 2.05) is 48.1 Å². The van der Waals surface area contributed by atoms with E-state index >= 15 is 0 Å². The molecule has 1 aromatic carbocycles. The van der Waals surface area contributed by atoms with Gasteiger partial charge in [0, 0.05) is 12.4 Å². The number of hydrogen-bond donors (Lipinski definition) is 1. The Kier molecular flexibility index (Phi) is 2.23. The molecule has 0 aliphatic rings. The van der Waals surface area contributed by atoms with Gasteiger partial charge in [0.2, 0.25) is 0 Å². The minimum Gasteiger partial charge on any atom is -0.467 e. The third-order valence-corrected chi connectivity index (χ3v) is 2.93. The third kappa shape index (κ3) is 1.54. The molecule has 0 aliphatic heterocycles. The molecule has 2 heterocycles. The zero-order valence-corrected chi connectivity index (χ0v) is 9.50. The predicted octanol–water partition coefficient (Wildman–Crippen LogP) is 2.21. The van der Waals surface area contributed by atoms with Crippen LogP contribution >= 0.6 is 0 Å². The molecule has 17 heavy (non-hydrogen) atoms. The summed E-state index contributed by atoms with van der Waals surface area (Å²) in [5.41, 5.74) is 8.09. The van der Waals surface area contributed by atoms with E-state index in [9.17, 15) is 0 Å². The van der Waals surface area contributed by atoms with Gasteiger partial charge in [-0.05, 0) is 18.2 Å². The zero-order valence-electron chi connectivity index (χ0n) is 9.50. The van der Waals surface area contributed by atoms with Gasteiger partial charge in [-0.1, -0.05) is 18.2 Å². The maximum atomic E-state index is 6.17. The molecule has 0 aliphatic carbocycles. The molecule has 86 valence electrons. The van der Waals surface area contributed by atoms with Crippen molar-refractivity contribution in [3.63, 3.8) is 0 Å². The maximum Gasteiger partial charge on any atom is 0.126 e. The normalized spacial score (nSPS) is 13.1. The molecule has 0 saturated carbocycles. The first kappa shape index (κ1) is 10.1. The summed E-state index contributed by atoms with van der Waals surface area (Å²) in [4.78, 5) is 0. The highest BCUT2D eigenvalue weighted by Gasteiger charge is 2.18. The Labute approximate surface area is 98.6 Å². The van der Waals surface area contributed by atoms with Gasteiger partial charge in [0.25, 0.3) is 0 Å². The topological polar surface area (TPSA) is 57.0 Å². The Balaban J connectivity index is 2.18. The second-order valence-corrected chi connectivity index (χ2v) is 4.02. The average Bonchev–Trinajstić information content (AvgIpc) is 2.97. The van der Waals surface area contributed by atoms with Gasteiger partial charge in [-0.3, -0.25) is 4.68 Å². The summed E-state index contributed by atoms with van der Waals surface area (Å²) in [6.45, 7) is 0. The Morgan fingerprint density at radius 1 is 1.24 bits per heavy atom. The van der Waals surface area contributed by atoms with Crippen LogP contribution in [-0.4, -0.2) is 9.78 Å². The van der Waals surface area contributed by atoms with Gasteiger partial charge in [0.05, 0.1) is 17.5 Å². The van der Waals surface area contributed by atoms with Crippen LogP contribution in [0.5, 0.6) is 0 Å². The van der Waals surface area contributed by atoms with Crippen molar-refractivity contribution in [2.45, 2.75) is 6.04 Å². The van der Waals surface area contributed by atoms with Gasteiger partial charge < -0.3 is 10.2 Å². The molecule has 3 rings (SSSR count). The largest absolute Gasteiger partial charge is 0.467 e. The minimum absolute atomic E-state index is 0.323. The summed E-state index contributed by atoms with van der Waals surface area (Å²) < 4.78 is 7.17. The number of benzene rings is 1. The van der Waals surface area contributed by atoms with E-state index in [1.54, 1.807) is 6.26 Å². The minimum atomic E-state index is -0.323. The highest BCUT2D eigenvalue weighted by molar-refractivity contribution is 5.82. The molecule has 0 saturated heterocycles. The van der Waals surface area contributed by atoms with Crippen molar-refractivity contribution in [2.75, 3.05) is 0 Å². The standard InChI is InChI=1S/C13H13N3O/c1-16-10-6-3-2-5-9(10)13(15-16)12(14)11-7-4-8-17-11/h2-8,12H,14H2,1H3. The van der Waals surface area contributed by atoms with E-state index in [1.165, 1.54) is 0 Å². The monoisotopic (exact) mass is 227 g/mol. The number of aromatic nitrogens is 2. The van der Waals surface area contributed by atoms with Gasteiger partial charge in [-0.25, -0.2) is 0 Å².